The lowest BCUT2D eigenvalue weighted by Gasteiger charge is -2.39. The number of anilines is 1. The van der Waals surface area contributed by atoms with Crippen molar-refractivity contribution in [3.05, 3.63) is 23.8 Å². The van der Waals surface area contributed by atoms with E-state index in [1.54, 1.807) is 0 Å². The van der Waals surface area contributed by atoms with E-state index in [0.717, 1.165) is 18.9 Å². The smallest absolute Gasteiger partial charge is 0.202 e. The minimum atomic E-state index is -0.978. The van der Waals surface area contributed by atoms with E-state index in [1.165, 1.54) is 12.5 Å². The number of nitrogen functional groups attached to an aromatic ring is 1. The molecule has 2 saturated carbocycles. The van der Waals surface area contributed by atoms with E-state index in [2.05, 4.69) is 20.8 Å². The first-order chi connectivity index (χ1) is 9.27. The molecule has 2 nitrogen and oxygen atoms in total. The van der Waals surface area contributed by atoms with E-state index in [1.807, 2.05) is 0 Å². The highest BCUT2D eigenvalue weighted by atomic mass is 19.2. The predicted octanol–water partition coefficient (Wildman–Crippen LogP) is 4.14. The molecule has 3 rings (SSSR count). The standard InChI is InChI=1S/C16H21F2NO/c1-15(2)9-6-7-16(15,3)12(8-9)20-14-11(19)5-4-10(17)13(14)18/h4-5,9,12H,6-8,19H2,1-3H3. The quantitative estimate of drug-likeness (QED) is 0.827. The number of halogens is 2. The summed E-state index contributed by atoms with van der Waals surface area (Å²) in [4.78, 5) is 0. The van der Waals surface area contributed by atoms with E-state index in [-0.39, 0.29) is 28.4 Å². The second-order valence-corrected chi connectivity index (χ2v) is 7.00. The fourth-order valence-electron chi connectivity index (χ4n) is 4.12. The molecule has 2 fully saturated rings. The molecule has 3 unspecified atom stereocenters. The number of hydrogen-bond acceptors (Lipinski definition) is 2. The first-order valence-corrected chi connectivity index (χ1v) is 7.17. The van der Waals surface area contributed by atoms with Crippen molar-refractivity contribution in [2.45, 2.75) is 46.1 Å². The Hall–Kier alpha value is -1.32. The molecule has 20 heavy (non-hydrogen) atoms. The van der Waals surface area contributed by atoms with Crippen LogP contribution < -0.4 is 10.5 Å². The van der Waals surface area contributed by atoms with Crippen molar-refractivity contribution in [3.8, 4) is 5.75 Å². The summed E-state index contributed by atoms with van der Waals surface area (Å²) in [6.07, 6.45) is 3.03. The molecule has 0 spiro atoms. The summed E-state index contributed by atoms with van der Waals surface area (Å²) in [5, 5.41) is 0. The molecule has 4 heteroatoms. The second-order valence-electron chi connectivity index (χ2n) is 7.00. The van der Waals surface area contributed by atoms with E-state index in [4.69, 9.17) is 10.5 Å². The lowest BCUT2D eigenvalue weighted by Crippen LogP contribution is -2.39. The van der Waals surface area contributed by atoms with E-state index >= 15 is 0 Å². The van der Waals surface area contributed by atoms with Crippen LogP contribution in [0.4, 0.5) is 14.5 Å². The number of benzene rings is 1. The van der Waals surface area contributed by atoms with Gasteiger partial charge in [-0.05, 0) is 42.7 Å². The van der Waals surface area contributed by atoms with Gasteiger partial charge in [0, 0.05) is 5.41 Å². The summed E-state index contributed by atoms with van der Waals surface area (Å²) in [7, 11) is 0. The zero-order chi connectivity index (χ0) is 14.7. The van der Waals surface area contributed by atoms with Crippen molar-refractivity contribution in [2.24, 2.45) is 16.7 Å². The van der Waals surface area contributed by atoms with Crippen molar-refractivity contribution >= 4 is 5.69 Å². The van der Waals surface area contributed by atoms with Crippen molar-refractivity contribution < 1.29 is 13.5 Å². The van der Waals surface area contributed by atoms with Crippen molar-refractivity contribution in [1.82, 2.24) is 0 Å². The number of nitrogens with two attached hydrogens (primary N) is 1. The Balaban J connectivity index is 1.93. The van der Waals surface area contributed by atoms with Gasteiger partial charge >= 0.3 is 0 Å². The van der Waals surface area contributed by atoms with Gasteiger partial charge in [0.15, 0.2) is 11.6 Å². The molecule has 1 aromatic carbocycles. The molecule has 1 aromatic rings. The lowest BCUT2D eigenvalue weighted by atomic mass is 9.70. The Labute approximate surface area is 118 Å². The van der Waals surface area contributed by atoms with Crippen LogP contribution in [0.2, 0.25) is 0 Å². The summed E-state index contributed by atoms with van der Waals surface area (Å²) < 4.78 is 33.1. The molecule has 2 bridgehead atoms. The predicted molar refractivity (Wildman–Crippen MR) is 74.4 cm³/mol. The summed E-state index contributed by atoms with van der Waals surface area (Å²) in [6, 6.07) is 2.39. The van der Waals surface area contributed by atoms with Gasteiger partial charge in [0.05, 0.1) is 5.69 Å². The van der Waals surface area contributed by atoms with Crippen LogP contribution in [0.3, 0.4) is 0 Å². The third-order valence-electron chi connectivity index (χ3n) is 6.05. The highest BCUT2D eigenvalue weighted by Gasteiger charge is 2.62. The maximum Gasteiger partial charge on any atom is 0.202 e. The Morgan fingerprint density at radius 3 is 2.50 bits per heavy atom. The van der Waals surface area contributed by atoms with Crippen LogP contribution in [0.5, 0.6) is 5.75 Å². The maximum atomic E-state index is 13.9. The SMILES string of the molecule is CC1(C)C2CCC1(C)C(Oc1c(N)ccc(F)c1F)C2. The fraction of sp³-hybridized carbons (Fsp3) is 0.625. The minimum Gasteiger partial charge on any atom is -0.484 e. The van der Waals surface area contributed by atoms with Crippen LogP contribution in [0.25, 0.3) is 0 Å². The van der Waals surface area contributed by atoms with Crippen LogP contribution >= 0.6 is 0 Å². The molecule has 0 aliphatic heterocycles. The molecule has 0 radical (unpaired) electrons. The molecule has 0 saturated heterocycles. The van der Waals surface area contributed by atoms with Crippen molar-refractivity contribution in [1.29, 1.82) is 0 Å². The first kappa shape index (κ1) is 13.7. The van der Waals surface area contributed by atoms with Gasteiger partial charge in [-0.15, -0.1) is 0 Å². The van der Waals surface area contributed by atoms with Gasteiger partial charge in [-0.1, -0.05) is 20.8 Å². The highest BCUT2D eigenvalue weighted by molar-refractivity contribution is 5.53. The van der Waals surface area contributed by atoms with E-state index in [9.17, 15) is 8.78 Å². The molecule has 0 aromatic heterocycles. The van der Waals surface area contributed by atoms with Crippen LogP contribution in [0.1, 0.15) is 40.0 Å². The molecule has 2 aliphatic carbocycles. The maximum absolute atomic E-state index is 13.9. The Morgan fingerprint density at radius 2 is 1.95 bits per heavy atom. The van der Waals surface area contributed by atoms with Gasteiger partial charge in [0.25, 0.3) is 0 Å². The number of ether oxygens (including phenoxy) is 1. The van der Waals surface area contributed by atoms with Gasteiger partial charge in [-0.2, -0.15) is 4.39 Å². The first-order valence-electron chi connectivity index (χ1n) is 7.17. The zero-order valence-corrected chi connectivity index (χ0v) is 12.2. The van der Waals surface area contributed by atoms with E-state index in [0.29, 0.717) is 5.92 Å². The Bertz CT molecular complexity index is 558. The second kappa shape index (κ2) is 4.09. The van der Waals surface area contributed by atoms with Crippen LogP contribution in [-0.2, 0) is 0 Å². The monoisotopic (exact) mass is 281 g/mol. The summed E-state index contributed by atoms with van der Waals surface area (Å²) in [6.45, 7) is 6.69. The summed E-state index contributed by atoms with van der Waals surface area (Å²) in [5.41, 5.74) is 6.06. The van der Waals surface area contributed by atoms with Crippen molar-refractivity contribution in [2.75, 3.05) is 5.73 Å². The molecule has 0 amide bonds. The van der Waals surface area contributed by atoms with E-state index < -0.39 is 11.6 Å². The number of fused-ring (bicyclic) bond motifs is 2. The largest absolute Gasteiger partial charge is 0.484 e. The molecule has 110 valence electrons. The summed E-state index contributed by atoms with van der Waals surface area (Å²) in [5.74, 6) is -1.44. The molecular formula is C16H21F2NO. The van der Waals surface area contributed by atoms with Crippen LogP contribution in [-0.4, -0.2) is 6.10 Å². The highest BCUT2D eigenvalue weighted by Crippen LogP contribution is 2.66. The lowest BCUT2D eigenvalue weighted by molar-refractivity contribution is 0.0279. The average molecular weight is 281 g/mol. The van der Waals surface area contributed by atoms with Crippen molar-refractivity contribution in [3.63, 3.8) is 0 Å². The van der Waals surface area contributed by atoms with Gasteiger partial charge in [0.2, 0.25) is 5.82 Å². The molecule has 0 heterocycles. The van der Waals surface area contributed by atoms with Crippen LogP contribution in [0, 0.1) is 28.4 Å². The van der Waals surface area contributed by atoms with Gasteiger partial charge in [-0.3, -0.25) is 0 Å². The molecule has 2 N–H and O–H groups in total. The van der Waals surface area contributed by atoms with Crippen LogP contribution in [0.15, 0.2) is 12.1 Å². The summed E-state index contributed by atoms with van der Waals surface area (Å²) >= 11 is 0. The fourth-order valence-corrected chi connectivity index (χ4v) is 4.12. The zero-order valence-electron chi connectivity index (χ0n) is 12.2. The third-order valence-corrected chi connectivity index (χ3v) is 6.05. The minimum absolute atomic E-state index is 0.0110. The molecule has 2 aliphatic rings. The van der Waals surface area contributed by atoms with Gasteiger partial charge < -0.3 is 10.5 Å². The van der Waals surface area contributed by atoms with Gasteiger partial charge in [-0.25, -0.2) is 4.39 Å². The topological polar surface area (TPSA) is 35.2 Å². The average Bonchev–Trinajstić information content (AvgIpc) is 2.72. The Morgan fingerprint density at radius 1 is 1.25 bits per heavy atom. The molecular weight excluding hydrogens is 260 g/mol. The Kier molecular flexibility index (Phi) is 2.79. The third kappa shape index (κ3) is 1.60. The number of rotatable bonds is 2. The normalized spacial score (nSPS) is 34.5. The van der Waals surface area contributed by atoms with Gasteiger partial charge in [0.1, 0.15) is 6.10 Å². The molecule has 3 atom stereocenters. The number of hydrogen-bond donors (Lipinski definition) is 1.